The molecule has 0 bridgehead atoms. The molecule has 0 aromatic heterocycles. The molecule has 4 nitrogen and oxygen atoms in total. The lowest BCUT2D eigenvalue weighted by Gasteiger charge is -2.18. The normalized spacial score (nSPS) is 14.2. The number of aliphatic hydroxyl groups is 1. The first-order valence-corrected chi connectivity index (χ1v) is 7.34. The molecule has 0 fully saturated rings. The van der Waals surface area contributed by atoms with Gasteiger partial charge >= 0.3 is 0 Å². The molecule has 0 aliphatic heterocycles. The summed E-state index contributed by atoms with van der Waals surface area (Å²) >= 11 is 6.13. The zero-order valence-electron chi connectivity index (χ0n) is 12.1. The topological polar surface area (TPSA) is 50.7 Å². The van der Waals surface area contributed by atoms with Crippen LogP contribution in [-0.2, 0) is 9.47 Å². The van der Waals surface area contributed by atoms with Crippen molar-refractivity contribution in [3.05, 3.63) is 34.9 Å². The third-order valence-corrected chi connectivity index (χ3v) is 3.26. The van der Waals surface area contributed by atoms with Crippen LogP contribution >= 0.6 is 11.6 Å². The third kappa shape index (κ3) is 6.68. The highest BCUT2D eigenvalue weighted by atomic mass is 35.5. The van der Waals surface area contributed by atoms with E-state index in [-0.39, 0.29) is 6.04 Å². The molecule has 0 saturated carbocycles. The van der Waals surface area contributed by atoms with E-state index in [4.69, 9.17) is 21.1 Å². The molecule has 2 unspecified atom stereocenters. The molecular formula is C15H24ClNO3. The highest BCUT2D eigenvalue weighted by molar-refractivity contribution is 6.31. The van der Waals surface area contributed by atoms with Crippen molar-refractivity contribution in [2.45, 2.75) is 26.0 Å². The molecule has 0 amide bonds. The fourth-order valence-electron chi connectivity index (χ4n) is 1.79. The van der Waals surface area contributed by atoms with Crippen molar-refractivity contribution in [2.24, 2.45) is 0 Å². The average Bonchev–Trinajstić information content (AvgIpc) is 2.45. The van der Waals surface area contributed by atoms with E-state index in [0.717, 1.165) is 10.6 Å². The number of rotatable bonds is 10. The van der Waals surface area contributed by atoms with Crippen LogP contribution in [-0.4, -0.2) is 44.2 Å². The summed E-state index contributed by atoms with van der Waals surface area (Å²) in [5.41, 5.74) is 1.03. The van der Waals surface area contributed by atoms with Crippen LogP contribution in [0.5, 0.6) is 0 Å². The summed E-state index contributed by atoms with van der Waals surface area (Å²) in [5, 5.41) is 13.8. The number of ether oxygens (including phenoxy) is 2. The van der Waals surface area contributed by atoms with E-state index in [9.17, 15) is 5.11 Å². The summed E-state index contributed by atoms with van der Waals surface area (Å²) in [6.07, 6.45) is -0.540. The van der Waals surface area contributed by atoms with Gasteiger partial charge < -0.3 is 19.9 Å². The predicted octanol–water partition coefficient (Wildman–Crippen LogP) is 2.40. The highest BCUT2D eigenvalue weighted by Crippen LogP contribution is 2.21. The molecule has 114 valence electrons. The van der Waals surface area contributed by atoms with Crippen LogP contribution in [0.3, 0.4) is 0 Å². The summed E-state index contributed by atoms with van der Waals surface area (Å²) in [7, 11) is 0. The van der Waals surface area contributed by atoms with Gasteiger partial charge in [0.2, 0.25) is 0 Å². The Morgan fingerprint density at radius 2 is 1.95 bits per heavy atom. The van der Waals surface area contributed by atoms with E-state index in [1.54, 1.807) is 0 Å². The summed E-state index contributed by atoms with van der Waals surface area (Å²) in [4.78, 5) is 0. The lowest BCUT2D eigenvalue weighted by atomic mass is 10.1. The van der Waals surface area contributed by atoms with Gasteiger partial charge in [0.25, 0.3) is 0 Å². The van der Waals surface area contributed by atoms with Crippen molar-refractivity contribution >= 4 is 11.6 Å². The molecule has 0 saturated heterocycles. The molecule has 1 aromatic rings. The predicted molar refractivity (Wildman–Crippen MR) is 81.2 cm³/mol. The summed E-state index contributed by atoms with van der Waals surface area (Å²) in [6.45, 7) is 6.47. The number of nitrogens with one attached hydrogen (secondary N) is 1. The van der Waals surface area contributed by atoms with Gasteiger partial charge in [0, 0.05) is 24.2 Å². The van der Waals surface area contributed by atoms with Crippen LogP contribution in [0.25, 0.3) is 0 Å². The fraction of sp³-hybridized carbons (Fsp3) is 0.600. The zero-order chi connectivity index (χ0) is 14.8. The first-order chi connectivity index (χ1) is 9.65. The van der Waals surface area contributed by atoms with Gasteiger partial charge in [-0.2, -0.15) is 0 Å². The van der Waals surface area contributed by atoms with E-state index in [2.05, 4.69) is 5.32 Å². The summed E-state index contributed by atoms with van der Waals surface area (Å²) in [5.74, 6) is 0. The van der Waals surface area contributed by atoms with Crippen LogP contribution < -0.4 is 5.32 Å². The Hall–Kier alpha value is -0.650. The van der Waals surface area contributed by atoms with Crippen LogP contribution in [0.1, 0.15) is 25.5 Å². The average molecular weight is 302 g/mol. The molecule has 0 aliphatic rings. The van der Waals surface area contributed by atoms with Crippen LogP contribution in [0, 0.1) is 0 Å². The van der Waals surface area contributed by atoms with Crippen molar-refractivity contribution in [1.29, 1.82) is 0 Å². The maximum absolute atomic E-state index is 9.81. The SMILES string of the molecule is CCOCCOCC(O)CNC(C)c1ccccc1Cl. The smallest absolute Gasteiger partial charge is 0.0897 e. The van der Waals surface area contributed by atoms with Gasteiger partial charge in [-0.3, -0.25) is 0 Å². The number of halogens is 1. The molecule has 2 atom stereocenters. The van der Waals surface area contributed by atoms with Crippen LogP contribution in [0.2, 0.25) is 5.02 Å². The van der Waals surface area contributed by atoms with E-state index in [1.807, 2.05) is 38.1 Å². The minimum Gasteiger partial charge on any atom is -0.389 e. The molecule has 5 heteroatoms. The molecule has 0 heterocycles. The van der Waals surface area contributed by atoms with E-state index < -0.39 is 6.10 Å². The number of hydrogen-bond donors (Lipinski definition) is 2. The second-order valence-electron chi connectivity index (χ2n) is 4.58. The zero-order valence-corrected chi connectivity index (χ0v) is 12.9. The Morgan fingerprint density at radius 3 is 2.65 bits per heavy atom. The lowest BCUT2D eigenvalue weighted by Crippen LogP contribution is -2.32. The van der Waals surface area contributed by atoms with Gasteiger partial charge in [-0.1, -0.05) is 29.8 Å². The summed E-state index contributed by atoms with van der Waals surface area (Å²) < 4.78 is 10.5. The maximum Gasteiger partial charge on any atom is 0.0897 e. The standard InChI is InChI=1S/C15H24ClNO3/c1-3-19-8-9-20-11-13(18)10-17-12(2)14-6-4-5-7-15(14)16/h4-7,12-13,17-18H,3,8-11H2,1-2H3. The fourth-order valence-corrected chi connectivity index (χ4v) is 2.09. The number of aliphatic hydroxyl groups excluding tert-OH is 1. The van der Waals surface area contributed by atoms with Crippen molar-refractivity contribution in [2.75, 3.05) is 33.0 Å². The van der Waals surface area contributed by atoms with Crippen molar-refractivity contribution < 1.29 is 14.6 Å². The first kappa shape index (κ1) is 17.4. The molecule has 0 aliphatic carbocycles. The van der Waals surface area contributed by atoms with Gasteiger partial charge in [0.15, 0.2) is 0 Å². The quantitative estimate of drug-likeness (QED) is 0.652. The lowest BCUT2D eigenvalue weighted by molar-refractivity contribution is 0.00586. The van der Waals surface area contributed by atoms with E-state index in [1.165, 1.54) is 0 Å². The van der Waals surface area contributed by atoms with E-state index in [0.29, 0.717) is 33.0 Å². The Morgan fingerprint density at radius 1 is 1.25 bits per heavy atom. The number of hydrogen-bond acceptors (Lipinski definition) is 4. The second kappa shape index (κ2) is 10.1. The largest absolute Gasteiger partial charge is 0.389 e. The van der Waals surface area contributed by atoms with Crippen molar-refractivity contribution in [3.8, 4) is 0 Å². The number of benzene rings is 1. The molecule has 0 spiro atoms. The summed E-state index contributed by atoms with van der Waals surface area (Å²) in [6, 6.07) is 7.78. The minimum absolute atomic E-state index is 0.0850. The van der Waals surface area contributed by atoms with Gasteiger partial charge in [-0.15, -0.1) is 0 Å². The second-order valence-corrected chi connectivity index (χ2v) is 4.98. The maximum atomic E-state index is 9.81. The van der Waals surface area contributed by atoms with Crippen LogP contribution in [0.4, 0.5) is 0 Å². The van der Waals surface area contributed by atoms with Crippen molar-refractivity contribution in [3.63, 3.8) is 0 Å². The Balaban J connectivity index is 2.20. The Labute approximate surface area is 126 Å². The molecule has 1 rings (SSSR count). The van der Waals surface area contributed by atoms with Crippen molar-refractivity contribution in [1.82, 2.24) is 5.32 Å². The van der Waals surface area contributed by atoms with Crippen LogP contribution in [0.15, 0.2) is 24.3 Å². The van der Waals surface area contributed by atoms with Gasteiger partial charge in [-0.25, -0.2) is 0 Å². The van der Waals surface area contributed by atoms with Gasteiger partial charge in [-0.05, 0) is 25.5 Å². The molecule has 20 heavy (non-hydrogen) atoms. The molecule has 2 N–H and O–H groups in total. The Kier molecular flexibility index (Phi) is 8.82. The van der Waals surface area contributed by atoms with Gasteiger partial charge in [0.05, 0.1) is 25.9 Å². The first-order valence-electron chi connectivity index (χ1n) is 6.96. The molecular weight excluding hydrogens is 278 g/mol. The molecule has 1 aromatic carbocycles. The van der Waals surface area contributed by atoms with Gasteiger partial charge in [0.1, 0.15) is 0 Å². The van der Waals surface area contributed by atoms with E-state index >= 15 is 0 Å². The molecule has 0 radical (unpaired) electrons. The minimum atomic E-state index is -0.540. The third-order valence-electron chi connectivity index (χ3n) is 2.92. The monoisotopic (exact) mass is 301 g/mol. The highest BCUT2D eigenvalue weighted by Gasteiger charge is 2.11. The Bertz CT molecular complexity index is 376.